The van der Waals surface area contributed by atoms with E-state index in [2.05, 4.69) is 15.6 Å². The van der Waals surface area contributed by atoms with Gasteiger partial charge in [-0.25, -0.2) is 4.98 Å². The lowest BCUT2D eigenvalue weighted by molar-refractivity contribution is -0.121. The molecule has 1 aromatic carbocycles. The molecule has 2 amide bonds. The Balaban J connectivity index is 1.44. The molecular formula is C19H19N3O3S. The Morgan fingerprint density at radius 2 is 2.00 bits per heavy atom. The lowest BCUT2D eigenvalue weighted by atomic mass is 10.1. The molecule has 1 atom stereocenters. The fourth-order valence-electron chi connectivity index (χ4n) is 2.39. The van der Waals surface area contributed by atoms with Crippen molar-refractivity contribution in [3.05, 3.63) is 65.4 Å². The van der Waals surface area contributed by atoms with Crippen LogP contribution < -0.4 is 10.6 Å². The first-order valence-corrected chi connectivity index (χ1v) is 9.10. The van der Waals surface area contributed by atoms with Crippen molar-refractivity contribution in [2.45, 2.75) is 25.9 Å². The molecule has 0 unspecified atom stereocenters. The predicted octanol–water partition coefficient (Wildman–Crippen LogP) is 3.23. The molecule has 0 bridgehead atoms. The number of carbonyl (C=O) groups excluding carboxylic acids is 2. The van der Waals surface area contributed by atoms with Crippen LogP contribution in [-0.2, 0) is 11.3 Å². The molecule has 6 nitrogen and oxygen atoms in total. The Bertz CT molecular complexity index is 859. The van der Waals surface area contributed by atoms with Gasteiger partial charge in [-0.1, -0.05) is 24.3 Å². The molecule has 0 saturated heterocycles. The van der Waals surface area contributed by atoms with Gasteiger partial charge in [0.25, 0.3) is 5.91 Å². The van der Waals surface area contributed by atoms with Crippen LogP contribution in [0.2, 0.25) is 0 Å². The van der Waals surface area contributed by atoms with Gasteiger partial charge in [0, 0.05) is 18.0 Å². The van der Waals surface area contributed by atoms with Crippen molar-refractivity contribution in [3.8, 4) is 10.8 Å². The van der Waals surface area contributed by atoms with Crippen LogP contribution in [-0.4, -0.2) is 22.8 Å². The molecule has 26 heavy (non-hydrogen) atoms. The van der Waals surface area contributed by atoms with Crippen LogP contribution in [0.15, 0.2) is 58.5 Å². The maximum Gasteiger partial charge on any atom is 0.251 e. The third-order valence-electron chi connectivity index (χ3n) is 3.66. The second kappa shape index (κ2) is 8.44. The van der Waals surface area contributed by atoms with Gasteiger partial charge in [-0.15, -0.1) is 11.3 Å². The second-order valence-corrected chi connectivity index (χ2v) is 6.79. The van der Waals surface area contributed by atoms with Crippen LogP contribution >= 0.6 is 11.3 Å². The van der Waals surface area contributed by atoms with Crippen molar-refractivity contribution in [1.29, 1.82) is 0 Å². The van der Waals surface area contributed by atoms with E-state index in [1.807, 2.05) is 23.6 Å². The van der Waals surface area contributed by atoms with Gasteiger partial charge < -0.3 is 15.1 Å². The van der Waals surface area contributed by atoms with E-state index in [0.29, 0.717) is 17.1 Å². The van der Waals surface area contributed by atoms with Gasteiger partial charge in [-0.05, 0) is 30.5 Å². The Morgan fingerprint density at radius 1 is 1.19 bits per heavy atom. The molecule has 0 aliphatic rings. The summed E-state index contributed by atoms with van der Waals surface area (Å²) in [5.74, 6) is 0.197. The van der Waals surface area contributed by atoms with Crippen LogP contribution in [0.5, 0.6) is 0 Å². The molecule has 2 N–H and O–H groups in total. The van der Waals surface area contributed by atoms with Gasteiger partial charge in [-0.3, -0.25) is 9.59 Å². The van der Waals surface area contributed by atoms with Gasteiger partial charge in [0.05, 0.1) is 17.1 Å². The van der Waals surface area contributed by atoms with Crippen molar-refractivity contribution in [2.24, 2.45) is 0 Å². The van der Waals surface area contributed by atoms with Crippen LogP contribution in [0.4, 0.5) is 0 Å². The summed E-state index contributed by atoms with van der Waals surface area (Å²) in [5.41, 5.74) is 1.23. The molecule has 0 aliphatic heterocycles. The fourth-order valence-corrected chi connectivity index (χ4v) is 3.04. The normalized spacial score (nSPS) is 11.7. The molecule has 0 radical (unpaired) electrons. The van der Waals surface area contributed by atoms with Crippen LogP contribution in [0.25, 0.3) is 10.8 Å². The zero-order chi connectivity index (χ0) is 18.4. The lowest BCUT2D eigenvalue weighted by Gasteiger charge is -2.13. The third kappa shape index (κ3) is 4.80. The minimum Gasteiger partial charge on any atom is -0.443 e. The predicted molar refractivity (Wildman–Crippen MR) is 99.6 cm³/mol. The van der Waals surface area contributed by atoms with E-state index in [9.17, 15) is 9.59 Å². The second-order valence-electron chi connectivity index (χ2n) is 5.84. The molecule has 3 aromatic rings. The molecule has 2 aromatic heterocycles. The Hall–Kier alpha value is -2.93. The van der Waals surface area contributed by atoms with Crippen molar-refractivity contribution in [1.82, 2.24) is 15.6 Å². The number of nitrogens with one attached hydrogen (secondary N) is 2. The van der Waals surface area contributed by atoms with Crippen LogP contribution in [0, 0.1) is 0 Å². The highest BCUT2D eigenvalue weighted by Gasteiger charge is 2.14. The zero-order valence-corrected chi connectivity index (χ0v) is 15.1. The molecule has 0 saturated carbocycles. The third-order valence-corrected chi connectivity index (χ3v) is 4.51. The van der Waals surface area contributed by atoms with Crippen molar-refractivity contribution >= 4 is 23.2 Å². The van der Waals surface area contributed by atoms with E-state index in [0.717, 1.165) is 4.88 Å². The average Bonchev–Trinajstić information content (AvgIpc) is 3.32. The largest absolute Gasteiger partial charge is 0.443 e. The van der Waals surface area contributed by atoms with Gasteiger partial charge >= 0.3 is 0 Å². The van der Waals surface area contributed by atoms with Crippen LogP contribution in [0.1, 0.15) is 29.4 Å². The summed E-state index contributed by atoms with van der Waals surface area (Å²) in [5, 5.41) is 7.56. The number of rotatable bonds is 7. The van der Waals surface area contributed by atoms with Crippen molar-refractivity contribution in [3.63, 3.8) is 0 Å². The molecule has 3 rings (SSSR count). The maximum atomic E-state index is 12.1. The number of hydrogen-bond acceptors (Lipinski definition) is 5. The number of thiophene rings is 1. The highest BCUT2D eigenvalue weighted by molar-refractivity contribution is 7.13. The standard InChI is InChI=1S/C19H19N3O3S/c1-13(21-18(24)14-6-3-2-4-7-14)10-17(23)20-11-15-12-25-19(22-15)16-8-5-9-26-16/h2-9,12-13H,10-11H2,1H3,(H,20,23)(H,21,24)/t13-/m0/s1. The summed E-state index contributed by atoms with van der Waals surface area (Å²) < 4.78 is 5.42. The summed E-state index contributed by atoms with van der Waals surface area (Å²) >= 11 is 1.54. The van der Waals surface area contributed by atoms with E-state index in [1.165, 1.54) is 6.26 Å². The number of benzene rings is 1. The summed E-state index contributed by atoms with van der Waals surface area (Å²) in [6.07, 6.45) is 1.73. The van der Waals surface area contributed by atoms with E-state index in [1.54, 1.807) is 42.5 Å². The number of oxazole rings is 1. The smallest absolute Gasteiger partial charge is 0.251 e. The Morgan fingerprint density at radius 3 is 2.73 bits per heavy atom. The Labute approximate surface area is 155 Å². The molecule has 0 aliphatic carbocycles. The maximum absolute atomic E-state index is 12.1. The van der Waals surface area contributed by atoms with Gasteiger partial charge in [0.2, 0.25) is 11.8 Å². The topological polar surface area (TPSA) is 84.2 Å². The first-order valence-electron chi connectivity index (χ1n) is 8.22. The molecule has 2 heterocycles. The number of aromatic nitrogens is 1. The molecular weight excluding hydrogens is 350 g/mol. The zero-order valence-electron chi connectivity index (χ0n) is 14.3. The SMILES string of the molecule is C[C@@H](CC(=O)NCc1coc(-c2cccs2)n1)NC(=O)c1ccccc1. The first-order chi connectivity index (χ1) is 12.6. The first kappa shape index (κ1) is 17.9. The molecule has 7 heteroatoms. The number of nitrogens with zero attached hydrogens (tertiary/aromatic N) is 1. The highest BCUT2D eigenvalue weighted by atomic mass is 32.1. The summed E-state index contributed by atoms with van der Waals surface area (Å²) in [4.78, 5) is 29.4. The average molecular weight is 369 g/mol. The fraction of sp³-hybridized carbons (Fsp3) is 0.211. The summed E-state index contributed by atoms with van der Waals surface area (Å²) in [6.45, 7) is 2.08. The summed E-state index contributed by atoms with van der Waals surface area (Å²) in [7, 11) is 0. The minimum atomic E-state index is -0.276. The van der Waals surface area contributed by atoms with Crippen molar-refractivity contribution < 1.29 is 14.0 Å². The van der Waals surface area contributed by atoms with E-state index >= 15 is 0 Å². The van der Waals surface area contributed by atoms with E-state index < -0.39 is 0 Å². The number of amides is 2. The van der Waals surface area contributed by atoms with Gasteiger partial charge in [-0.2, -0.15) is 0 Å². The monoisotopic (exact) mass is 369 g/mol. The summed E-state index contributed by atoms with van der Waals surface area (Å²) in [6, 6.07) is 12.5. The van der Waals surface area contributed by atoms with E-state index in [-0.39, 0.29) is 30.8 Å². The van der Waals surface area contributed by atoms with Crippen molar-refractivity contribution in [2.75, 3.05) is 0 Å². The van der Waals surface area contributed by atoms with Crippen LogP contribution in [0.3, 0.4) is 0 Å². The highest BCUT2D eigenvalue weighted by Crippen LogP contribution is 2.23. The molecule has 0 spiro atoms. The number of hydrogen-bond donors (Lipinski definition) is 2. The minimum absolute atomic E-state index is 0.161. The molecule has 134 valence electrons. The van der Waals surface area contributed by atoms with Gasteiger partial charge in [0.15, 0.2) is 0 Å². The Kier molecular flexibility index (Phi) is 5.80. The lowest BCUT2D eigenvalue weighted by Crippen LogP contribution is -2.37. The van der Waals surface area contributed by atoms with Gasteiger partial charge in [0.1, 0.15) is 6.26 Å². The quantitative estimate of drug-likeness (QED) is 0.670. The van der Waals surface area contributed by atoms with E-state index in [4.69, 9.17) is 4.42 Å². The number of carbonyl (C=O) groups is 2. The molecule has 0 fully saturated rings.